The van der Waals surface area contributed by atoms with Crippen LogP contribution < -0.4 is 5.32 Å². The first-order valence-electron chi connectivity index (χ1n) is 6.12. The molecule has 0 saturated heterocycles. The summed E-state index contributed by atoms with van der Waals surface area (Å²) in [6.07, 6.45) is 2.63. The van der Waals surface area contributed by atoms with Gasteiger partial charge in [0.2, 0.25) is 5.91 Å². The van der Waals surface area contributed by atoms with Gasteiger partial charge in [0.15, 0.2) is 0 Å². The Labute approximate surface area is 119 Å². The first-order chi connectivity index (χ1) is 9.95. The Hall–Kier alpha value is -2.90. The van der Waals surface area contributed by atoms with Crippen molar-refractivity contribution in [1.82, 2.24) is 14.7 Å². The van der Waals surface area contributed by atoms with Gasteiger partial charge in [-0.3, -0.25) is 9.59 Å². The second-order valence-corrected chi connectivity index (χ2v) is 4.43. The first kappa shape index (κ1) is 14.5. The zero-order chi connectivity index (χ0) is 15.4. The maximum atomic E-state index is 11.8. The van der Waals surface area contributed by atoms with Crippen LogP contribution in [-0.2, 0) is 20.8 Å². The van der Waals surface area contributed by atoms with E-state index < -0.39 is 30.3 Å². The molecule has 8 nitrogen and oxygen atoms in total. The summed E-state index contributed by atoms with van der Waals surface area (Å²) in [4.78, 5) is 37.4. The lowest BCUT2D eigenvalue weighted by Gasteiger charge is -2.11. The molecule has 2 aromatic heterocycles. The molecule has 110 valence electrons. The van der Waals surface area contributed by atoms with Gasteiger partial charge >= 0.3 is 11.9 Å². The van der Waals surface area contributed by atoms with Gasteiger partial charge < -0.3 is 19.9 Å². The predicted molar refractivity (Wildman–Crippen MR) is 70.7 cm³/mol. The molecular weight excluding hydrogens is 278 g/mol. The molecule has 0 aliphatic rings. The normalized spacial score (nSPS) is 12.0. The second kappa shape index (κ2) is 6.04. The van der Waals surface area contributed by atoms with Crippen molar-refractivity contribution in [3.63, 3.8) is 0 Å². The van der Waals surface area contributed by atoms with Crippen molar-refractivity contribution in [3.05, 3.63) is 36.3 Å². The van der Waals surface area contributed by atoms with E-state index in [0.717, 1.165) is 0 Å². The molecule has 0 fully saturated rings. The van der Waals surface area contributed by atoms with Gasteiger partial charge in [-0.25, -0.2) is 9.78 Å². The zero-order valence-corrected chi connectivity index (χ0v) is 10.9. The Kier molecular flexibility index (Phi) is 4.17. The summed E-state index contributed by atoms with van der Waals surface area (Å²) >= 11 is 0. The lowest BCUT2D eigenvalue weighted by atomic mass is 10.2. The third-order valence-corrected chi connectivity index (χ3v) is 2.77. The molecule has 0 aliphatic heterocycles. The number of carbonyl (C=O) groups excluding carboxylic acids is 1. The van der Waals surface area contributed by atoms with Crippen LogP contribution in [0.5, 0.6) is 0 Å². The van der Waals surface area contributed by atoms with Crippen LogP contribution in [0.15, 0.2) is 30.6 Å². The maximum Gasteiger partial charge on any atom is 0.326 e. The van der Waals surface area contributed by atoms with E-state index in [9.17, 15) is 14.4 Å². The number of rotatable bonds is 6. The standard InChI is InChI=1S/C13H13N3O5/c17-11(15-9(13(20)21)6-12(18)19)5-8-7-16-4-2-1-3-10(16)14-8/h1-4,7,9H,5-6H2,(H,15,17)(H,18,19)(H,20,21)/t9-/m1/s1. The number of hydrogen-bond acceptors (Lipinski definition) is 4. The number of aliphatic carboxylic acids is 2. The van der Waals surface area contributed by atoms with Gasteiger partial charge in [-0.05, 0) is 12.1 Å². The van der Waals surface area contributed by atoms with E-state index in [0.29, 0.717) is 11.3 Å². The summed E-state index contributed by atoms with van der Waals surface area (Å²) in [5.74, 6) is -3.27. The second-order valence-electron chi connectivity index (χ2n) is 4.43. The molecule has 3 N–H and O–H groups in total. The Morgan fingerprint density at radius 3 is 2.67 bits per heavy atom. The van der Waals surface area contributed by atoms with Crippen molar-refractivity contribution in [3.8, 4) is 0 Å². The first-order valence-corrected chi connectivity index (χ1v) is 6.12. The highest BCUT2D eigenvalue weighted by molar-refractivity contribution is 5.87. The minimum atomic E-state index is -1.45. The molecule has 1 atom stereocenters. The Morgan fingerprint density at radius 1 is 1.29 bits per heavy atom. The summed E-state index contributed by atoms with van der Waals surface area (Å²) in [6, 6.07) is 3.93. The van der Waals surface area contributed by atoms with Crippen molar-refractivity contribution in [2.24, 2.45) is 0 Å². The molecule has 1 amide bonds. The molecule has 0 aromatic carbocycles. The lowest BCUT2D eigenvalue weighted by Crippen LogP contribution is -2.42. The van der Waals surface area contributed by atoms with Crippen LogP contribution in [0.3, 0.4) is 0 Å². The highest BCUT2D eigenvalue weighted by atomic mass is 16.4. The molecule has 8 heteroatoms. The van der Waals surface area contributed by atoms with Gasteiger partial charge in [0.05, 0.1) is 18.5 Å². The Bertz CT molecular complexity index is 661. The number of aromatic nitrogens is 2. The van der Waals surface area contributed by atoms with Gasteiger partial charge in [0.1, 0.15) is 11.7 Å². The minimum Gasteiger partial charge on any atom is -0.481 e. The molecule has 2 aromatic rings. The van der Waals surface area contributed by atoms with E-state index in [1.165, 1.54) is 0 Å². The number of amides is 1. The van der Waals surface area contributed by atoms with Crippen LogP contribution in [0.25, 0.3) is 5.65 Å². The van der Waals surface area contributed by atoms with E-state index in [2.05, 4.69) is 10.3 Å². The smallest absolute Gasteiger partial charge is 0.326 e. The van der Waals surface area contributed by atoms with E-state index >= 15 is 0 Å². The number of nitrogens with zero attached hydrogens (tertiary/aromatic N) is 2. The highest BCUT2D eigenvalue weighted by Crippen LogP contribution is 2.05. The number of imidazole rings is 1. The van der Waals surface area contributed by atoms with E-state index in [1.807, 2.05) is 6.07 Å². The van der Waals surface area contributed by atoms with Crippen molar-refractivity contribution in [2.75, 3.05) is 0 Å². The quantitative estimate of drug-likeness (QED) is 0.684. The molecule has 0 radical (unpaired) electrons. The van der Waals surface area contributed by atoms with E-state index in [-0.39, 0.29) is 6.42 Å². The number of fused-ring (bicyclic) bond motifs is 1. The van der Waals surface area contributed by atoms with Crippen molar-refractivity contribution in [2.45, 2.75) is 18.9 Å². The molecule has 0 aliphatic carbocycles. The largest absolute Gasteiger partial charge is 0.481 e. The van der Waals surface area contributed by atoms with E-state index in [1.54, 1.807) is 28.9 Å². The minimum absolute atomic E-state index is 0.120. The van der Waals surface area contributed by atoms with Gasteiger partial charge in [-0.1, -0.05) is 6.07 Å². The monoisotopic (exact) mass is 291 g/mol. The molecule has 2 heterocycles. The van der Waals surface area contributed by atoms with Gasteiger partial charge in [0, 0.05) is 12.4 Å². The van der Waals surface area contributed by atoms with Crippen molar-refractivity contribution in [1.29, 1.82) is 0 Å². The summed E-state index contributed by atoms with van der Waals surface area (Å²) in [5.41, 5.74) is 1.14. The number of hydrogen-bond donors (Lipinski definition) is 3. The predicted octanol–water partition coefficient (Wildman–Crippen LogP) is -0.0791. The third-order valence-electron chi connectivity index (χ3n) is 2.77. The van der Waals surface area contributed by atoms with Crippen LogP contribution in [-0.4, -0.2) is 43.5 Å². The van der Waals surface area contributed by atoms with Crippen LogP contribution in [0.1, 0.15) is 12.1 Å². The van der Waals surface area contributed by atoms with Crippen LogP contribution in [0.2, 0.25) is 0 Å². The third kappa shape index (κ3) is 3.78. The highest BCUT2D eigenvalue weighted by Gasteiger charge is 2.23. The van der Waals surface area contributed by atoms with Crippen LogP contribution in [0, 0.1) is 0 Å². The number of nitrogens with one attached hydrogen (secondary N) is 1. The average molecular weight is 291 g/mol. The molecule has 0 bridgehead atoms. The Morgan fingerprint density at radius 2 is 2.05 bits per heavy atom. The van der Waals surface area contributed by atoms with Gasteiger partial charge in [-0.15, -0.1) is 0 Å². The van der Waals surface area contributed by atoms with Gasteiger partial charge in [0.25, 0.3) is 0 Å². The summed E-state index contributed by atoms with van der Waals surface area (Å²) in [6.45, 7) is 0. The molecule has 2 rings (SSSR count). The number of pyridine rings is 1. The maximum absolute atomic E-state index is 11.8. The fourth-order valence-corrected chi connectivity index (χ4v) is 1.86. The van der Waals surface area contributed by atoms with E-state index in [4.69, 9.17) is 10.2 Å². The van der Waals surface area contributed by atoms with Crippen molar-refractivity contribution < 1.29 is 24.6 Å². The zero-order valence-electron chi connectivity index (χ0n) is 10.9. The number of carbonyl (C=O) groups is 3. The molecule has 0 unspecified atom stereocenters. The lowest BCUT2D eigenvalue weighted by molar-refractivity contribution is -0.147. The SMILES string of the molecule is O=C(O)C[C@@H](NC(=O)Cc1cn2ccccc2n1)C(=O)O. The summed E-state index contributed by atoms with van der Waals surface area (Å²) < 4.78 is 1.73. The molecule has 0 saturated carbocycles. The fourth-order valence-electron chi connectivity index (χ4n) is 1.86. The number of carboxylic acids is 2. The van der Waals surface area contributed by atoms with Crippen LogP contribution >= 0.6 is 0 Å². The van der Waals surface area contributed by atoms with Crippen molar-refractivity contribution >= 4 is 23.5 Å². The van der Waals surface area contributed by atoms with Crippen LogP contribution in [0.4, 0.5) is 0 Å². The number of carboxylic acid groups (broad SMARTS) is 2. The fraction of sp³-hybridized carbons (Fsp3) is 0.231. The summed E-state index contributed by atoms with van der Waals surface area (Å²) in [7, 11) is 0. The molecule has 0 spiro atoms. The average Bonchev–Trinajstić information content (AvgIpc) is 2.79. The van der Waals surface area contributed by atoms with Gasteiger partial charge in [-0.2, -0.15) is 0 Å². The molecule has 21 heavy (non-hydrogen) atoms. The summed E-state index contributed by atoms with van der Waals surface area (Å²) in [5, 5.41) is 19.6. The molecular formula is C13H13N3O5. The topological polar surface area (TPSA) is 121 Å². The Balaban J connectivity index is 2.03.